The molecule has 0 radical (unpaired) electrons. The number of rotatable bonds is 8. The van der Waals surface area contributed by atoms with Crippen LogP contribution in [-0.2, 0) is 5.41 Å². The van der Waals surface area contributed by atoms with Gasteiger partial charge in [-0.15, -0.1) is 0 Å². The van der Waals surface area contributed by atoms with E-state index in [0.717, 1.165) is 22.6 Å². The summed E-state index contributed by atoms with van der Waals surface area (Å²) in [6.45, 7) is 17.2. The fraction of sp³-hybridized carbons (Fsp3) is 0.304. The van der Waals surface area contributed by atoms with Crippen molar-refractivity contribution >= 4 is 0 Å². The second-order valence-electron chi connectivity index (χ2n) is 7.17. The summed E-state index contributed by atoms with van der Waals surface area (Å²) in [4.78, 5) is 0. The summed E-state index contributed by atoms with van der Waals surface area (Å²) < 4.78 is 11.6. The molecule has 0 aliphatic carbocycles. The number of hydrogen-bond acceptors (Lipinski definition) is 2. The Morgan fingerprint density at radius 3 is 1.56 bits per heavy atom. The first-order valence-corrected chi connectivity index (χ1v) is 8.54. The molecule has 2 nitrogen and oxygen atoms in total. The van der Waals surface area contributed by atoms with E-state index in [1.54, 1.807) is 0 Å². The van der Waals surface area contributed by atoms with E-state index in [1.807, 2.05) is 38.1 Å². The van der Waals surface area contributed by atoms with Gasteiger partial charge in [0.05, 0.1) is 0 Å². The van der Waals surface area contributed by atoms with E-state index in [0.29, 0.717) is 13.2 Å². The highest BCUT2D eigenvalue weighted by molar-refractivity contribution is 5.43. The van der Waals surface area contributed by atoms with Crippen LogP contribution in [-0.4, -0.2) is 13.2 Å². The van der Waals surface area contributed by atoms with Gasteiger partial charge in [-0.2, -0.15) is 0 Å². The van der Waals surface area contributed by atoms with Crippen LogP contribution in [0.3, 0.4) is 0 Å². The predicted octanol–water partition coefficient (Wildman–Crippen LogP) is 5.92. The second kappa shape index (κ2) is 8.06. The minimum atomic E-state index is -0.162. The molecule has 2 aromatic rings. The Hall–Kier alpha value is -2.48. The molecule has 0 bridgehead atoms. The fourth-order valence-electron chi connectivity index (χ4n) is 2.53. The molecule has 2 aromatic carbocycles. The molecule has 132 valence electrons. The first-order valence-electron chi connectivity index (χ1n) is 8.54. The van der Waals surface area contributed by atoms with Crippen molar-refractivity contribution < 1.29 is 9.47 Å². The zero-order valence-corrected chi connectivity index (χ0v) is 15.8. The third-order valence-corrected chi connectivity index (χ3v) is 4.08. The Kier molecular flexibility index (Phi) is 6.08. The summed E-state index contributed by atoms with van der Waals surface area (Å²) in [7, 11) is 0. The molecular formula is C23H28O2. The van der Waals surface area contributed by atoms with Crippen LogP contribution in [0.15, 0.2) is 72.8 Å². The Balaban J connectivity index is 2.25. The van der Waals surface area contributed by atoms with Gasteiger partial charge in [0.2, 0.25) is 0 Å². The highest BCUT2D eigenvalue weighted by Crippen LogP contribution is 2.34. The molecule has 0 saturated carbocycles. The molecule has 0 heterocycles. The minimum Gasteiger partial charge on any atom is -0.489 e. The Morgan fingerprint density at radius 2 is 1.20 bits per heavy atom. The SMILES string of the molecule is C=C(C)COc1cccc(C(C)(C)c2cccc(OCC(=C)C)c2)c1. The van der Waals surface area contributed by atoms with Gasteiger partial charge in [0.15, 0.2) is 0 Å². The van der Waals surface area contributed by atoms with Crippen LogP contribution in [0.5, 0.6) is 11.5 Å². The van der Waals surface area contributed by atoms with E-state index in [9.17, 15) is 0 Å². The van der Waals surface area contributed by atoms with E-state index in [-0.39, 0.29) is 5.41 Å². The lowest BCUT2D eigenvalue weighted by atomic mass is 9.78. The predicted molar refractivity (Wildman–Crippen MR) is 106 cm³/mol. The molecule has 0 unspecified atom stereocenters. The topological polar surface area (TPSA) is 18.5 Å². The van der Waals surface area contributed by atoms with Crippen LogP contribution in [0.1, 0.15) is 38.8 Å². The van der Waals surface area contributed by atoms with Gasteiger partial charge >= 0.3 is 0 Å². The fourth-order valence-corrected chi connectivity index (χ4v) is 2.53. The van der Waals surface area contributed by atoms with Gasteiger partial charge < -0.3 is 9.47 Å². The van der Waals surface area contributed by atoms with Crippen molar-refractivity contribution in [2.24, 2.45) is 0 Å². The normalized spacial score (nSPS) is 11.0. The van der Waals surface area contributed by atoms with Crippen molar-refractivity contribution in [3.05, 3.63) is 84.0 Å². The Morgan fingerprint density at radius 1 is 0.800 bits per heavy atom. The lowest BCUT2D eigenvalue weighted by molar-refractivity contribution is 0.350. The maximum absolute atomic E-state index is 5.79. The minimum absolute atomic E-state index is 0.162. The molecule has 0 aliphatic rings. The Labute approximate surface area is 151 Å². The molecule has 0 spiro atoms. The van der Waals surface area contributed by atoms with Crippen LogP contribution in [0.25, 0.3) is 0 Å². The van der Waals surface area contributed by atoms with Gasteiger partial charge in [-0.05, 0) is 60.4 Å². The van der Waals surface area contributed by atoms with Crippen molar-refractivity contribution in [3.8, 4) is 11.5 Å². The highest BCUT2D eigenvalue weighted by atomic mass is 16.5. The molecule has 0 atom stereocenters. The number of ether oxygens (including phenoxy) is 2. The smallest absolute Gasteiger partial charge is 0.120 e. The summed E-state index contributed by atoms with van der Waals surface area (Å²) in [6.07, 6.45) is 0. The lowest BCUT2D eigenvalue weighted by Gasteiger charge is -2.27. The van der Waals surface area contributed by atoms with E-state index < -0.39 is 0 Å². The second-order valence-corrected chi connectivity index (χ2v) is 7.17. The molecular weight excluding hydrogens is 308 g/mol. The zero-order valence-electron chi connectivity index (χ0n) is 15.8. The third-order valence-electron chi connectivity index (χ3n) is 4.08. The van der Waals surface area contributed by atoms with Gasteiger partial charge in [-0.25, -0.2) is 0 Å². The maximum atomic E-state index is 5.79. The van der Waals surface area contributed by atoms with E-state index in [1.165, 1.54) is 11.1 Å². The third kappa shape index (κ3) is 5.25. The Bertz CT molecular complexity index is 693. The van der Waals surface area contributed by atoms with Crippen LogP contribution < -0.4 is 9.47 Å². The van der Waals surface area contributed by atoms with Crippen LogP contribution in [0, 0.1) is 0 Å². The lowest BCUT2D eigenvalue weighted by Crippen LogP contribution is -2.19. The van der Waals surface area contributed by atoms with Crippen LogP contribution in [0.4, 0.5) is 0 Å². The summed E-state index contributed by atoms with van der Waals surface area (Å²) in [6, 6.07) is 16.5. The molecule has 0 aromatic heterocycles. The van der Waals surface area contributed by atoms with Crippen LogP contribution >= 0.6 is 0 Å². The molecule has 0 N–H and O–H groups in total. The molecule has 0 saturated heterocycles. The average molecular weight is 336 g/mol. The van der Waals surface area contributed by atoms with Gasteiger partial charge in [-0.1, -0.05) is 51.3 Å². The molecule has 0 amide bonds. The average Bonchev–Trinajstić information content (AvgIpc) is 2.58. The van der Waals surface area contributed by atoms with Gasteiger partial charge in [0, 0.05) is 5.41 Å². The largest absolute Gasteiger partial charge is 0.489 e. The standard InChI is InChI=1S/C23H28O2/c1-17(2)15-24-21-11-7-9-19(13-21)23(5,6)20-10-8-12-22(14-20)25-16-18(3)4/h7-14H,1,3,15-16H2,2,4-6H3. The van der Waals surface area contributed by atoms with Gasteiger partial charge in [0.25, 0.3) is 0 Å². The summed E-state index contributed by atoms with van der Waals surface area (Å²) in [5.74, 6) is 1.73. The first-order chi connectivity index (χ1) is 11.8. The van der Waals surface area contributed by atoms with Gasteiger partial charge in [-0.3, -0.25) is 0 Å². The van der Waals surface area contributed by atoms with Gasteiger partial charge in [0.1, 0.15) is 24.7 Å². The number of hydrogen-bond donors (Lipinski definition) is 0. The van der Waals surface area contributed by atoms with Crippen molar-refractivity contribution in [2.45, 2.75) is 33.1 Å². The summed E-state index contributed by atoms with van der Waals surface area (Å²) in [5.41, 5.74) is 4.25. The highest BCUT2D eigenvalue weighted by Gasteiger charge is 2.24. The van der Waals surface area contributed by atoms with E-state index in [2.05, 4.69) is 51.3 Å². The summed E-state index contributed by atoms with van der Waals surface area (Å²) >= 11 is 0. The first kappa shape index (κ1) is 18.9. The van der Waals surface area contributed by atoms with E-state index >= 15 is 0 Å². The van der Waals surface area contributed by atoms with Crippen molar-refractivity contribution in [1.82, 2.24) is 0 Å². The molecule has 2 rings (SSSR count). The molecule has 25 heavy (non-hydrogen) atoms. The number of benzene rings is 2. The van der Waals surface area contributed by atoms with E-state index in [4.69, 9.17) is 9.47 Å². The van der Waals surface area contributed by atoms with Crippen LogP contribution in [0.2, 0.25) is 0 Å². The molecule has 0 aliphatic heterocycles. The molecule has 2 heteroatoms. The van der Waals surface area contributed by atoms with Crippen molar-refractivity contribution in [1.29, 1.82) is 0 Å². The van der Waals surface area contributed by atoms with Crippen molar-refractivity contribution in [3.63, 3.8) is 0 Å². The zero-order chi connectivity index (χ0) is 18.4. The van der Waals surface area contributed by atoms with Crippen molar-refractivity contribution in [2.75, 3.05) is 13.2 Å². The maximum Gasteiger partial charge on any atom is 0.120 e. The quantitative estimate of drug-likeness (QED) is 0.557. The summed E-state index contributed by atoms with van der Waals surface area (Å²) in [5, 5.41) is 0. The monoisotopic (exact) mass is 336 g/mol. The molecule has 0 fully saturated rings.